The van der Waals surface area contributed by atoms with E-state index in [0.29, 0.717) is 68.6 Å². The number of hydrogen-bond acceptors (Lipinski definition) is 5. The van der Waals surface area contributed by atoms with Crippen LogP contribution >= 0.6 is 11.6 Å². The van der Waals surface area contributed by atoms with Crippen LogP contribution < -0.4 is 14.8 Å². The molecule has 7 nitrogen and oxygen atoms in total. The normalized spacial score (nSPS) is 17.5. The maximum Gasteiger partial charge on any atom is 0.243 e. The Morgan fingerprint density at radius 3 is 2.56 bits per heavy atom. The van der Waals surface area contributed by atoms with Gasteiger partial charge >= 0.3 is 0 Å². The lowest BCUT2D eigenvalue weighted by Crippen LogP contribution is -2.43. The molecule has 2 aromatic carbocycles. The average molecular weight is 479 g/mol. The van der Waals surface area contributed by atoms with E-state index in [4.69, 9.17) is 21.1 Å². The Kier molecular flexibility index (Phi) is 7.23. The van der Waals surface area contributed by atoms with E-state index >= 15 is 0 Å². The quantitative estimate of drug-likeness (QED) is 0.688. The number of fused-ring (bicyclic) bond motifs is 1. The lowest BCUT2D eigenvalue weighted by atomic mass is 9.97. The van der Waals surface area contributed by atoms with Gasteiger partial charge in [-0.15, -0.1) is 0 Å². The van der Waals surface area contributed by atoms with Crippen LogP contribution in [0.4, 0.5) is 0 Å². The summed E-state index contributed by atoms with van der Waals surface area (Å²) in [4.78, 5) is 12.7. The van der Waals surface area contributed by atoms with Crippen LogP contribution in [0.25, 0.3) is 0 Å². The SMILES string of the molecule is O=C(NCCc1cccc(Cl)c1)C1CCN(S(=O)(=O)c2ccc3c(c2)OCCCO3)CC1. The molecular weight excluding hydrogens is 452 g/mol. The molecule has 9 heteroatoms. The molecule has 2 heterocycles. The maximum atomic E-state index is 13.1. The van der Waals surface area contributed by atoms with Crippen molar-refractivity contribution in [1.82, 2.24) is 9.62 Å². The minimum Gasteiger partial charge on any atom is -0.490 e. The molecular formula is C23H27ClN2O5S. The molecule has 1 fully saturated rings. The molecule has 4 rings (SSSR count). The van der Waals surface area contributed by atoms with Crippen LogP contribution in [0.5, 0.6) is 11.5 Å². The van der Waals surface area contributed by atoms with Gasteiger partial charge in [-0.3, -0.25) is 4.79 Å². The molecule has 0 bridgehead atoms. The largest absolute Gasteiger partial charge is 0.490 e. The second kappa shape index (κ2) is 10.1. The molecule has 0 aromatic heterocycles. The van der Waals surface area contributed by atoms with E-state index < -0.39 is 10.0 Å². The average Bonchev–Trinajstić information content (AvgIpc) is 3.04. The fraction of sp³-hybridized carbons (Fsp3) is 0.435. The molecule has 2 aliphatic heterocycles. The smallest absolute Gasteiger partial charge is 0.243 e. The third-order valence-electron chi connectivity index (χ3n) is 5.78. The number of benzene rings is 2. The summed E-state index contributed by atoms with van der Waals surface area (Å²) in [5.41, 5.74) is 1.06. The highest BCUT2D eigenvalue weighted by molar-refractivity contribution is 7.89. The Bertz CT molecular complexity index is 1070. The molecule has 1 amide bonds. The van der Waals surface area contributed by atoms with Crippen LogP contribution in [0.15, 0.2) is 47.4 Å². The lowest BCUT2D eigenvalue weighted by molar-refractivity contribution is -0.126. The van der Waals surface area contributed by atoms with E-state index in [2.05, 4.69) is 5.32 Å². The highest BCUT2D eigenvalue weighted by Gasteiger charge is 2.32. The first-order valence-electron chi connectivity index (χ1n) is 10.9. The highest BCUT2D eigenvalue weighted by Crippen LogP contribution is 2.33. The van der Waals surface area contributed by atoms with Gasteiger partial charge in [-0.25, -0.2) is 8.42 Å². The first kappa shape index (κ1) is 22.9. The minimum absolute atomic E-state index is 0.0281. The number of nitrogens with one attached hydrogen (secondary N) is 1. The third kappa shape index (κ3) is 5.36. The minimum atomic E-state index is -3.66. The number of nitrogens with zero attached hydrogens (tertiary/aromatic N) is 1. The van der Waals surface area contributed by atoms with E-state index in [1.54, 1.807) is 12.1 Å². The van der Waals surface area contributed by atoms with E-state index in [1.807, 2.05) is 24.3 Å². The molecule has 2 aliphatic rings. The Morgan fingerprint density at radius 1 is 1.06 bits per heavy atom. The number of carbonyl (C=O) groups excluding carboxylic acids is 1. The summed E-state index contributed by atoms with van der Waals surface area (Å²) in [6.07, 6.45) is 2.44. The monoisotopic (exact) mass is 478 g/mol. The van der Waals surface area contributed by atoms with Gasteiger partial charge in [0, 0.05) is 43.1 Å². The predicted octanol–water partition coefficient (Wildman–Crippen LogP) is 3.26. The van der Waals surface area contributed by atoms with Crippen molar-refractivity contribution in [3.05, 3.63) is 53.1 Å². The summed E-state index contributed by atoms with van der Waals surface area (Å²) < 4.78 is 38.9. The number of hydrogen-bond donors (Lipinski definition) is 1. The van der Waals surface area contributed by atoms with Gasteiger partial charge in [0.05, 0.1) is 18.1 Å². The summed E-state index contributed by atoms with van der Waals surface area (Å²) in [7, 11) is -3.66. The van der Waals surface area contributed by atoms with Gasteiger partial charge in [0.15, 0.2) is 11.5 Å². The number of piperidine rings is 1. The fourth-order valence-corrected chi connectivity index (χ4v) is 5.68. The van der Waals surface area contributed by atoms with E-state index in [9.17, 15) is 13.2 Å². The second-order valence-electron chi connectivity index (χ2n) is 8.01. The molecule has 0 saturated carbocycles. The zero-order chi connectivity index (χ0) is 22.6. The molecule has 0 atom stereocenters. The van der Waals surface area contributed by atoms with E-state index in [1.165, 1.54) is 10.4 Å². The molecule has 172 valence electrons. The summed E-state index contributed by atoms with van der Waals surface area (Å²) in [6, 6.07) is 12.3. The third-order valence-corrected chi connectivity index (χ3v) is 7.91. The predicted molar refractivity (Wildman–Crippen MR) is 122 cm³/mol. The summed E-state index contributed by atoms with van der Waals surface area (Å²) in [6.45, 7) is 2.18. The van der Waals surface area contributed by atoms with Crippen molar-refractivity contribution in [2.24, 2.45) is 5.92 Å². The Morgan fingerprint density at radius 2 is 1.81 bits per heavy atom. The zero-order valence-electron chi connectivity index (χ0n) is 17.8. The summed E-state index contributed by atoms with van der Waals surface area (Å²) in [5.74, 6) is 0.802. The molecule has 0 aliphatic carbocycles. The van der Waals surface area contributed by atoms with Crippen LogP contribution in [0.3, 0.4) is 0 Å². The van der Waals surface area contributed by atoms with Crippen molar-refractivity contribution in [2.45, 2.75) is 30.6 Å². The van der Waals surface area contributed by atoms with Gasteiger partial charge in [0.25, 0.3) is 0 Å². The van der Waals surface area contributed by atoms with Crippen LogP contribution in [-0.2, 0) is 21.2 Å². The molecule has 1 saturated heterocycles. The van der Waals surface area contributed by atoms with Gasteiger partial charge < -0.3 is 14.8 Å². The van der Waals surface area contributed by atoms with Crippen molar-refractivity contribution >= 4 is 27.5 Å². The molecule has 1 N–H and O–H groups in total. The second-order valence-corrected chi connectivity index (χ2v) is 10.4. The molecule has 0 spiro atoms. The number of carbonyl (C=O) groups is 1. The molecule has 32 heavy (non-hydrogen) atoms. The maximum absolute atomic E-state index is 13.1. The van der Waals surface area contributed by atoms with Gasteiger partial charge in [-0.1, -0.05) is 23.7 Å². The highest BCUT2D eigenvalue weighted by atomic mass is 35.5. The van der Waals surface area contributed by atoms with Crippen molar-refractivity contribution in [3.8, 4) is 11.5 Å². The van der Waals surface area contributed by atoms with Crippen LogP contribution in [0.2, 0.25) is 5.02 Å². The summed E-state index contributed by atoms with van der Waals surface area (Å²) >= 11 is 5.99. The van der Waals surface area contributed by atoms with Crippen molar-refractivity contribution in [3.63, 3.8) is 0 Å². The molecule has 0 radical (unpaired) electrons. The lowest BCUT2D eigenvalue weighted by Gasteiger charge is -2.30. The summed E-state index contributed by atoms with van der Waals surface area (Å²) in [5, 5.41) is 3.64. The Labute approximate surface area is 193 Å². The molecule has 2 aromatic rings. The number of halogens is 1. The van der Waals surface area contributed by atoms with Gasteiger partial charge in [0.1, 0.15) is 0 Å². The first-order chi connectivity index (χ1) is 15.4. The van der Waals surface area contributed by atoms with Crippen LogP contribution in [0.1, 0.15) is 24.8 Å². The number of ether oxygens (including phenoxy) is 2. The molecule has 0 unspecified atom stereocenters. The van der Waals surface area contributed by atoms with Crippen molar-refractivity contribution < 1.29 is 22.7 Å². The Hall–Kier alpha value is -2.29. The Balaban J connectivity index is 1.30. The first-order valence-corrected chi connectivity index (χ1v) is 12.7. The standard InChI is InChI=1S/C23H27ClN2O5S/c24-19-4-1-3-17(15-19)7-10-25-23(27)18-8-11-26(12-9-18)32(28,29)20-5-6-21-22(16-20)31-14-2-13-30-21/h1,3-6,15-16,18H,2,7-14H2,(H,25,27). The van der Waals surface area contributed by atoms with Gasteiger partial charge in [-0.05, 0) is 49.1 Å². The van der Waals surface area contributed by atoms with Crippen LogP contribution in [-0.4, -0.2) is 51.5 Å². The van der Waals surface area contributed by atoms with Crippen molar-refractivity contribution in [2.75, 3.05) is 32.8 Å². The van der Waals surface area contributed by atoms with Crippen LogP contribution in [0, 0.1) is 5.92 Å². The fourth-order valence-electron chi connectivity index (χ4n) is 3.98. The van der Waals surface area contributed by atoms with E-state index in [-0.39, 0.29) is 16.7 Å². The van der Waals surface area contributed by atoms with Gasteiger partial charge in [0.2, 0.25) is 15.9 Å². The van der Waals surface area contributed by atoms with Crippen molar-refractivity contribution in [1.29, 1.82) is 0 Å². The zero-order valence-corrected chi connectivity index (χ0v) is 19.3. The number of rotatable bonds is 6. The van der Waals surface area contributed by atoms with Gasteiger partial charge in [-0.2, -0.15) is 4.31 Å². The number of amides is 1. The van der Waals surface area contributed by atoms with E-state index in [0.717, 1.165) is 12.0 Å². The topological polar surface area (TPSA) is 84.9 Å². The number of sulfonamides is 1.